The maximum absolute atomic E-state index is 13.1. The largest absolute Gasteiger partial charge is 0.339 e. The predicted molar refractivity (Wildman–Crippen MR) is 119 cm³/mol. The minimum absolute atomic E-state index is 0.104. The van der Waals surface area contributed by atoms with Gasteiger partial charge in [0.2, 0.25) is 17.6 Å². The third-order valence-electron chi connectivity index (χ3n) is 6.08. The summed E-state index contributed by atoms with van der Waals surface area (Å²) in [4.78, 5) is 20.9. The number of nitrogens with one attached hydrogen (secondary N) is 1. The molecule has 4 heterocycles. The van der Waals surface area contributed by atoms with E-state index in [9.17, 15) is 13.2 Å². The van der Waals surface area contributed by atoms with Crippen molar-refractivity contribution in [3.05, 3.63) is 41.9 Å². The highest BCUT2D eigenvalue weighted by atomic mass is 32.2. The van der Waals surface area contributed by atoms with E-state index in [1.165, 1.54) is 10.7 Å². The number of thiophene rings is 1. The van der Waals surface area contributed by atoms with E-state index in [1.54, 1.807) is 36.0 Å². The van der Waals surface area contributed by atoms with Gasteiger partial charge in [-0.2, -0.15) is 9.29 Å². The Morgan fingerprint density at radius 1 is 1.22 bits per heavy atom. The number of nitrogens with zero attached hydrogens (tertiary/aromatic N) is 4. The van der Waals surface area contributed by atoms with Crippen LogP contribution in [0.25, 0.3) is 11.4 Å². The zero-order chi connectivity index (χ0) is 22.1. The van der Waals surface area contributed by atoms with E-state index >= 15 is 0 Å². The second-order valence-electron chi connectivity index (χ2n) is 8.15. The summed E-state index contributed by atoms with van der Waals surface area (Å²) in [5.74, 6) is 1.05. The fourth-order valence-electron chi connectivity index (χ4n) is 3.91. The van der Waals surface area contributed by atoms with Gasteiger partial charge in [-0.15, -0.1) is 11.3 Å². The molecule has 32 heavy (non-hydrogen) atoms. The van der Waals surface area contributed by atoms with Gasteiger partial charge in [0, 0.05) is 42.1 Å². The van der Waals surface area contributed by atoms with Crippen LogP contribution in [0, 0.1) is 5.92 Å². The Morgan fingerprint density at radius 3 is 2.72 bits per heavy atom. The molecule has 1 saturated heterocycles. The molecule has 11 heteroatoms. The molecule has 1 aliphatic carbocycles. The fraction of sp³-hybridized carbons (Fsp3) is 0.429. The Bertz CT molecular complexity index is 1200. The number of hydrogen-bond acceptors (Lipinski definition) is 8. The summed E-state index contributed by atoms with van der Waals surface area (Å²) in [5, 5.41) is 8.62. The van der Waals surface area contributed by atoms with Gasteiger partial charge in [0.15, 0.2) is 0 Å². The Morgan fingerprint density at radius 2 is 2.03 bits per heavy atom. The van der Waals surface area contributed by atoms with Crippen molar-refractivity contribution < 1.29 is 17.7 Å². The van der Waals surface area contributed by atoms with E-state index in [2.05, 4.69) is 20.4 Å². The SMILES string of the molecule is O=C(Nc1cccnc1)C1CCN(S(=O)(=O)c2cc(-c3noc(C4CCC4)n3)cs2)CC1. The monoisotopic (exact) mass is 473 g/mol. The van der Waals surface area contributed by atoms with Crippen LogP contribution in [0.15, 0.2) is 44.7 Å². The molecule has 5 rings (SSSR count). The highest BCUT2D eigenvalue weighted by molar-refractivity contribution is 7.91. The number of hydrogen-bond donors (Lipinski definition) is 1. The average Bonchev–Trinajstić information content (AvgIpc) is 3.44. The smallest absolute Gasteiger partial charge is 0.252 e. The van der Waals surface area contributed by atoms with Gasteiger partial charge < -0.3 is 9.84 Å². The summed E-state index contributed by atoms with van der Waals surface area (Å²) in [5.41, 5.74) is 1.29. The molecule has 1 saturated carbocycles. The lowest BCUT2D eigenvalue weighted by atomic mass is 9.85. The summed E-state index contributed by atoms with van der Waals surface area (Å²) < 4.78 is 33.3. The van der Waals surface area contributed by atoms with Gasteiger partial charge in [0.1, 0.15) is 4.21 Å². The molecule has 3 aromatic heterocycles. The van der Waals surface area contributed by atoms with Gasteiger partial charge in [0.25, 0.3) is 10.0 Å². The molecular formula is C21H23N5O4S2. The summed E-state index contributed by atoms with van der Waals surface area (Å²) >= 11 is 1.15. The van der Waals surface area contributed by atoms with Crippen molar-refractivity contribution >= 4 is 33.0 Å². The third kappa shape index (κ3) is 4.19. The number of carbonyl (C=O) groups excluding carboxylic acids is 1. The Hall–Kier alpha value is -2.63. The van der Waals surface area contributed by atoms with Crippen LogP contribution in [0.4, 0.5) is 5.69 Å². The molecule has 9 nitrogen and oxygen atoms in total. The van der Waals surface area contributed by atoms with Crippen molar-refractivity contribution in [1.29, 1.82) is 0 Å². The van der Waals surface area contributed by atoms with E-state index in [0.29, 0.717) is 54.8 Å². The Labute approximate surface area is 189 Å². The first-order chi connectivity index (χ1) is 15.5. The molecule has 0 atom stereocenters. The minimum atomic E-state index is -3.64. The lowest BCUT2D eigenvalue weighted by Crippen LogP contribution is -2.41. The maximum atomic E-state index is 13.1. The first-order valence-electron chi connectivity index (χ1n) is 10.6. The number of carbonyl (C=O) groups is 1. The van der Waals surface area contributed by atoms with Gasteiger partial charge in [-0.1, -0.05) is 11.6 Å². The predicted octanol–water partition coefficient (Wildman–Crippen LogP) is 3.50. The van der Waals surface area contributed by atoms with E-state index in [0.717, 1.165) is 24.2 Å². The zero-order valence-corrected chi connectivity index (χ0v) is 18.9. The molecule has 0 aromatic carbocycles. The number of aromatic nitrogens is 3. The molecule has 2 aliphatic rings. The van der Waals surface area contributed by atoms with Crippen molar-refractivity contribution in [2.75, 3.05) is 18.4 Å². The first kappa shape index (κ1) is 21.2. The van der Waals surface area contributed by atoms with Crippen LogP contribution in [-0.4, -0.2) is 46.8 Å². The lowest BCUT2D eigenvalue weighted by Gasteiger charge is -2.30. The quantitative estimate of drug-likeness (QED) is 0.582. The van der Waals surface area contributed by atoms with Crippen LogP contribution >= 0.6 is 11.3 Å². The van der Waals surface area contributed by atoms with Gasteiger partial charge in [-0.05, 0) is 43.9 Å². The second-order valence-corrected chi connectivity index (χ2v) is 11.2. The third-order valence-corrected chi connectivity index (χ3v) is 9.39. The molecule has 1 amide bonds. The van der Waals surface area contributed by atoms with Gasteiger partial charge in [0.05, 0.1) is 11.9 Å². The van der Waals surface area contributed by atoms with Gasteiger partial charge in [-0.25, -0.2) is 8.42 Å². The molecular weight excluding hydrogens is 450 g/mol. The van der Waals surface area contributed by atoms with Crippen LogP contribution in [0.5, 0.6) is 0 Å². The number of rotatable bonds is 6. The number of amides is 1. The van der Waals surface area contributed by atoms with E-state index in [4.69, 9.17) is 4.52 Å². The Kier molecular flexibility index (Phi) is 5.78. The molecule has 1 aliphatic heterocycles. The first-order valence-corrected chi connectivity index (χ1v) is 13.0. The number of sulfonamides is 1. The van der Waals surface area contributed by atoms with Crippen LogP contribution in [0.1, 0.15) is 43.9 Å². The van der Waals surface area contributed by atoms with Crippen molar-refractivity contribution in [2.45, 2.75) is 42.2 Å². The van der Waals surface area contributed by atoms with Crippen molar-refractivity contribution in [2.24, 2.45) is 5.92 Å². The molecule has 0 radical (unpaired) electrons. The normalized spacial score (nSPS) is 18.4. The van der Waals surface area contributed by atoms with Crippen molar-refractivity contribution in [1.82, 2.24) is 19.4 Å². The minimum Gasteiger partial charge on any atom is -0.339 e. The number of piperidine rings is 1. The standard InChI is InChI=1S/C21H23N5O4S2/c27-20(23-17-5-2-8-22-12-17)14-6-9-26(10-7-14)32(28,29)18-11-16(13-31-18)19-24-21(30-25-19)15-3-1-4-15/h2,5,8,11-15H,1,3-4,6-7,9-10H2,(H,23,27). The highest BCUT2D eigenvalue weighted by Crippen LogP contribution is 2.37. The number of anilines is 1. The van der Waals surface area contributed by atoms with E-state index in [1.807, 2.05) is 0 Å². The molecule has 1 N–H and O–H groups in total. The van der Waals surface area contributed by atoms with Crippen LogP contribution in [0.2, 0.25) is 0 Å². The van der Waals surface area contributed by atoms with Gasteiger partial charge >= 0.3 is 0 Å². The zero-order valence-electron chi connectivity index (χ0n) is 17.3. The summed E-state index contributed by atoms with van der Waals surface area (Å²) in [6, 6.07) is 5.14. The summed E-state index contributed by atoms with van der Waals surface area (Å²) in [6.45, 7) is 0.601. The molecule has 0 spiro atoms. The van der Waals surface area contributed by atoms with Gasteiger partial charge in [-0.3, -0.25) is 9.78 Å². The topological polar surface area (TPSA) is 118 Å². The fourth-order valence-corrected chi connectivity index (χ4v) is 6.69. The van der Waals surface area contributed by atoms with Crippen LogP contribution in [-0.2, 0) is 14.8 Å². The Balaban J connectivity index is 1.22. The molecule has 0 unspecified atom stereocenters. The molecule has 3 aromatic rings. The number of pyridine rings is 1. The maximum Gasteiger partial charge on any atom is 0.252 e. The second kappa shape index (κ2) is 8.72. The van der Waals surface area contributed by atoms with E-state index in [-0.39, 0.29) is 16.0 Å². The van der Waals surface area contributed by atoms with Crippen LogP contribution < -0.4 is 5.32 Å². The average molecular weight is 474 g/mol. The van der Waals surface area contributed by atoms with Crippen molar-refractivity contribution in [3.8, 4) is 11.4 Å². The molecule has 168 valence electrons. The molecule has 0 bridgehead atoms. The van der Waals surface area contributed by atoms with E-state index < -0.39 is 10.0 Å². The summed E-state index contributed by atoms with van der Waals surface area (Å²) in [7, 11) is -3.64. The summed E-state index contributed by atoms with van der Waals surface area (Å²) in [6.07, 6.45) is 7.46. The highest BCUT2D eigenvalue weighted by Gasteiger charge is 2.33. The lowest BCUT2D eigenvalue weighted by molar-refractivity contribution is -0.120. The van der Waals surface area contributed by atoms with Crippen LogP contribution in [0.3, 0.4) is 0 Å². The van der Waals surface area contributed by atoms with Crippen molar-refractivity contribution in [3.63, 3.8) is 0 Å². The molecule has 2 fully saturated rings.